The predicted molar refractivity (Wildman–Crippen MR) is 53.4 cm³/mol. The van der Waals surface area contributed by atoms with Crippen molar-refractivity contribution in [3.05, 3.63) is 0 Å². The van der Waals surface area contributed by atoms with Gasteiger partial charge in [0.2, 0.25) is 0 Å². The van der Waals surface area contributed by atoms with Crippen molar-refractivity contribution in [2.75, 3.05) is 13.1 Å². The minimum absolute atomic E-state index is 0.103. The zero-order valence-corrected chi connectivity index (χ0v) is 8.99. The van der Waals surface area contributed by atoms with E-state index in [1.165, 1.54) is 0 Å². The molecule has 4 heteroatoms. The second-order valence-corrected chi connectivity index (χ2v) is 3.68. The number of azo groups is 1. The van der Waals surface area contributed by atoms with Crippen LogP contribution in [0.5, 0.6) is 0 Å². The van der Waals surface area contributed by atoms with Gasteiger partial charge in [-0.25, -0.2) is 0 Å². The fourth-order valence-corrected chi connectivity index (χ4v) is 0.653. The maximum absolute atomic E-state index is 8.84. The Hall–Kier alpha value is -1.42. The Kier molecular flexibility index (Phi) is 5.48. The van der Waals surface area contributed by atoms with Crippen LogP contribution in [0, 0.1) is 34.0 Å². The lowest BCUT2D eigenvalue weighted by atomic mass is 9.90. The smallest absolute Gasteiger partial charge is 0.0782 e. The van der Waals surface area contributed by atoms with Gasteiger partial charge in [0.05, 0.1) is 36.6 Å². The van der Waals surface area contributed by atoms with Crippen LogP contribution in [0.3, 0.4) is 0 Å². The second-order valence-electron chi connectivity index (χ2n) is 3.68. The quantitative estimate of drug-likeness (QED) is 0.628. The van der Waals surface area contributed by atoms with Crippen LogP contribution in [0.25, 0.3) is 0 Å². The van der Waals surface area contributed by atoms with Crippen LogP contribution < -0.4 is 0 Å². The summed E-state index contributed by atoms with van der Waals surface area (Å²) in [4.78, 5) is 0. The maximum atomic E-state index is 8.84. The molecular weight excluding hydrogens is 176 g/mol. The van der Waals surface area contributed by atoms with Gasteiger partial charge in [-0.1, -0.05) is 6.92 Å². The highest BCUT2D eigenvalue weighted by atomic mass is 15.1. The number of nitrogens with zero attached hydrogens (tertiary/aromatic N) is 4. The van der Waals surface area contributed by atoms with Crippen LogP contribution in [0.1, 0.15) is 27.2 Å². The lowest BCUT2D eigenvalue weighted by Gasteiger charge is -2.14. The largest absolute Gasteiger partial charge is 0.198 e. The molecule has 0 saturated heterocycles. The van der Waals surface area contributed by atoms with Gasteiger partial charge in [-0.05, 0) is 20.3 Å². The van der Waals surface area contributed by atoms with Crippen LogP contribution in [0.2, 0.25) is 0 Å². The molecule has 14 heavy (non-hydrogen) atoms. The summed E-state index contributed by atoms with van der Waals surface area (Å²) in [5.74, 6) is -0.103. The Morgan fingerprint density at radius 1 is 1.36 bits per heavy atom. The molecule has 0 aliphatic carbocycles. The molecular formula is C10H16N4. The van der Waals surface area contributed by atoms with E-state index in [0.717, 1.165) is 6.42 Å². The van der Waals surface area contributed by atoms with Crippen LogP contribution >= 0.6 is 0 Å². The molecule has 0 amide bonds. The van der Waals surface area contributed by atoms with Crippen LogP contribution in [-0.2, 0) is 0 Å². The van der Waals surface area contributed by atoms with Crippen molar-refractivity contribution in [3.8, 4) is 12.1 Å². The Morgan fingerprint density at radius 3 is 2.43 bits per heavy atom. The van der Waals surface area contributed by atoms with Crippen molar-refractivity contribution >= 4 is 0 Å². The summed E-state index contributed by atoms with van der Waals surface area (Å²) < 4.78 is 0. The van der Waals surface area contributed by atoms with Gasteiger partial charge < -0.3 is 0 Å². The molecule has 0 aliphatic heterocycles. The van der Waals surface area contributed by atoms with Crippen molar-refractivity contribution in [3.63, 3.8) is 0 Å². The van der Waals surface area contributed by atoms with Crippen molar-refractivity contribution in [1.82, 2.24) is 0 Å². The summed E-state index contributed by atoms with van der Waals surface area (Å²) in [5.41, 5.74) is -0.417. The van der Waals surface area contributed by atoms with Crippen molar-refractivity contribution in [2.45, 2.75) is 27.2 Å². The molecule has 4 nitrogen and oxygen atoms in total. The Labute approximate surface area is 85.3 Å². The summed E-state index contributed by atoms with van der Waals surface area (Å²) in [7, 11) is 0. The molecule has 0 radical (unpaired) electrons. The third kappa shape index (κ3) is 4.57. The van der Waals surface area contributed by atoms with Gasteiger partial charge in [0.25, 0.3) is 0 Å². The summed E-state index contributed by atoms with van der Waals surface area (Å²) in [5, 5.41) is 25.1. The van der Waals surface area contributed by atoms with E-state index >= 15 is 0 Å². The molecule has 76 valence electrons. The fourth-order valence-electron chi connectivity index (χ4n) is 0.653. The van der Waals surface area contributed by atoms with Gasteiger partial charge in [-0.15, -0.1) is 0 Å². The first-order valence-corrected chi connectivity index (χ1v) is 4.72. The van der Waals surface area contributed by atoms with Gasteiger partial charge in [-0.2, -0.15) is 20.8 Å². The molecule has 2 atom stereocenters. The molecule has 0 N–H and O–H groups in total. The van der Waals surface area contributed by atoms with Crippen molar-refractivity contribution in [2.24, 2.45) is 21.6 Å². The Bertz CT molecular complexity index is 271. The highest BCUT2D eigenvalue weighted by molar-refractivity contribution is 4.95. The minimum Gasteiger partial charge on any atom is -0.198 e. The summed E-state index contributed by atoms with van der Waals surface area (Å²) in [6.45, 7) is 6.44. The monoisotopic (exact) mass is 192 g/mol. The molecule has 0 aromatic carbocycles. The van der Waals surface area contributed by atoms with E-state index in [1.54, 1.807) is 6.92 Å². The topological polar surface area (TPSA) is 72.3 Å². The highest BCUT2D eigenvalue weighted by Gasteiger charge is 2.20. The standard InChI is InChI=1S/C10H16N4/c1-4-10(3,7-12)8-14-13-6-9(2)5-11/h9H,4,6,8H2,1-3H3. The molecule has 0 saturated carbocycles. The third-order valence-electron chi connectivity index (χ3n) is 2.15. The van der Waals surface area contributed by atoms with Gasteiger partial charge >= 0.3 is 0 Å². The summed E-state index contributed by atoms with van der Waals surface area (Å²) in [6.07, 6.45) is 0.760. The molecule has 2 unspecified atom stereocenters. The van der Waals surface area contributed by atoms with E-state index in [-0.39, 0.29) is 5.92 Å². The second kappa shape index (κ2) is 6.10. The first kappa shape index (κ1) is 12.6. The zero-order chi connectivity index (χ0) is 11.0. The van der Waals surface area contributed by atoms with Gasteiger partial charge in [0.1, 0.15) is 0 Å². The van der Waals surface area contributed by atoms with E-state index in [4.69, 9.17) is 10.5 Å². The molecule has 0 aromatic heterocycles. The fraction of sp³-hybridized carbons (Fsp3) is 0.800. The highest BCUT2D eigenvalue weighted by Crippen LogP contribution is 2.19. The molecule has 0 fully saturated rings. The third-order valence-corrected chi connectivity index (χ3v) is 2.15. The molecule has 0 rings (SSSR count). The summed E-state index contributed by atoms with van der Waals surface area (Å²) in [6, 6.07) is 4.28. The molecule has 0 aromatic rings. The zero-order valence-electron chi connectivity index (χ0n) is 8.99. The van der Waals surface area contributed by atoms with E-state index < -0.39 is 5.41 Å². The average molecular weight is 192 g/mol. The first-order chi connectivity index (χ1) is 6.58. The summed E-state index contributed by atoms with van der Waals surface area (Å²) >= 11 is 0. The average Bonchev–Trinajstić information content (AvgIpc) is 2.23. The Morgan fingerprint density at radius 2 is 2.00 bits per heavy atom. The van der Waals surface area contributed by atoms with Crippen molar-refractivity contribution < 1.29 is 0 Å². The van der Waals surface area contributed by atoms with E-state index in [2.05, 4.69) is 22.4 Å². The Balaban J connectivity index is 3.95. The predicted octanol–water partition coefficient (Wildman–Crippen LogP) is 2.54. The lowest BCUT2D eigenvalue weighted by Crippen LogP contribution is -2.16. The molecule has 0 heterocycles. The molecule has 0 bridgehead atoms. The van der Waals surface area contributed by atoms with Crippen LogP contribution in [0.15, 0.2) is 10.2 Å². The minimum atomic E-state index is -0.417. The van der Waals surface area contributed by atoms with Gasteiger partial charge in [0, 0.05) is 0 Å². The lowest BCUT2D eigenvalue weighted by molar-refractivity contribution is 0.428. The number of hydrogen-bond donors (Lipinski definition) is 0. The SMILES string of the molecule is CCC(C)(C#N)CN=NCC(C)C#N. The van der Waals surface area contributed by atoms with Gasteiger partial charge in [-0.3, -0.25) is 0 Å². The van der Waals surface area contributed by atoms with E-state index in [1.807, 2.05) is 13.8 Å². The van der Waals surface area contributed by atoms with E-state index in [9.17, 15) is 0 Å². The van der Waals surface area contributed by atoms with Crippen LogP contribution in [-0.4, -0.2) is 13.1 Å². The number of hydrogen-bond acceptors (Lipinski definition) is 4. The molecule has 0 aliphatic rings. The maximum Gasteiger partial charge on any atom is 0.0782 e. The molecule has 0 spiro atoms. The van der Waals surface area contributed by atoms with E-state index in [0.29, 0.717) is 13.1 Å². The van der Waals surface area contributed by atoms with Crippen LogP contribution in [0.4, 0.5) is 0 Å². The number of rotatable bonds is 5. The normalized spacial score (nSPS) is 16.9. The van der Waals surface area contributed by atoms with Gasteiger partial charge in [0.15, 0.2) is 0 Å². The number of nitriles is 2. The first-order valence-electron chi connectivity index (χ1n) is 4.72. The van der Waals surface area contributed by atoms with Crippen molar-refractivity contribution in [1.29, 1.82) is 10.5 Å².